The first-order valence-electron chi connectivity index (χ1n) is 5.92. The minimum absolute atomic E-state index is 0.307. The maximum absolute atomic E-state index is 8.66. The Kier molecular flexibility index (Phi) is 5.72. The molecule has 1 rings (SSSR count). The SMILES string of the molecule is CN(CCCCCCO)c1ccccc1N. The summed E-state index contributed by atoms with van der Waals surface area (Å²) < 4.78 is 0. The molecule has 0 atom stereocenters. The smallest absolute Gasteiger partial charge is 0.0597 e. The number of unbranched alkanes of at least 4 members (excludes halogenated alkanes) is 3. The van der Waals surface area contributed by atoms with Crippen molar-refractivity contribution < 1.29 is 5.11 Å². The van der Waals surface area contributed by atoms with Gasteiger partial charge in [0.25, 0.3) is 0 Å². The molecule has 0 amide bonds. The van der Waals surface area contributed by atoms with E-state index in [2.05, 4.69) is 11.9 Å². The zero-order valence-corrected chi connectivity index (χ0v) is 10.0. The predicted octanol–water partition coefficient (Wildman–Crippen LogP) is 2.26. The fourth-order valence-corrected chi connectivity index (χ4v) is 1.77. The Hall–Kier alpha value is -1.22. The van der Waals surface area contributed by atoms with Crippen molar-refractivity contribution >= 4 is 11.4 Å². The van der Waals surface area contributed by atoms with Gasteiger partial charge < -0.3 is 15.7 Å². The highest BCUT2D eigenvalue weighted by Crippen LogP contribution is 2.21. The number of hydrogen-bond acceptors (Lipinski definition) is 3. The zero-order chi connectivity index (χ0) is 11.8. The van der Waals surface area contributed by atoms with Crippen molar-refractivity contribution in [1.29, 1.82) is 0 Å². The number of hydrogen-bond donors (Lipinski definition) is 2. The van der Waals surface area contributed by atoms with E-state index in [1.807, 2.05) is 24.3 Å². The highest BCUT2D eigenvalue weighted by atomic mass is 16.2. The Morgan fingerprint density at radius 1 is 1.12 bits per heavy atom. The standard InChI is InChI=1S/C13H22N2O/c1-15(10-6-2-3-7-11-16)13-9-5-4-8-12(13)14/h4-5,8-9,16H,2-3,6-7,10-11,14H2,1H3. The lowest BCUT2D eigenvalue weighted by molar-refractivity contribution is 0.282. The molecule has 0 aliphatic heterocycles. The number of rotatable bonds is 7. The molecule has 0 aromatic heterocycles. The van der Waals surface area contributed by atoms with Crippen molar-refractivity contribution in [1.82, 2.24) is 0 Å². The molecule has 0 unspecified atom stereocenters. The van der Waals surface area contributed by atoms with Crippen molar-refractivity contribution in [2.24, 2.45) is 0 Å². The average Bonchev–Trinajstić information content (AvgIpc) is 2.29. The highest BCUT2D eigenvalue weighted by Gasteiger charge is 2.03. The zero-order valence-electron chi connectivity index (χ0n) is 10.0. The second-order valence-electron chi connectivity index (χ2n) is 4.12. The van der Waals surface area contributed by atoms with Gasteiger partial charge in [0.15, 0.2) is 0 Å². The number of nitrogens with zero attached hydrogens (tertiary/aromatic N) is 1. The molecule has 1 aromatic carbocycles. The highest BCUT2D eigenvalue weighted by molar-refractivity contribution is 5.66. The van der Waals surface area contributed by atoms with Crippen LogP contribution in [0.5, 0.6) is 0 Å². The number of aliphatic hydroxyl groups is 1. The lowest BCUT2D eigenvalue weighted by atomic mass is 10.2. The molecule has 0 aliphatic rings. The van der Waals surface area contributed by atoms with Gasteiger partial charge in [-0.25, -0.2) is 0 Å². The van der Waals surface area contributed by atoms with Crippen LogP contribution in [0, 0.1) is 0 Å². The van der Waals surface area contributed by atoms with E-state index in [9.17, 15) is 0 Å². The Morgan fingerprint density at radius 3 is 2.50 bits per heavy atom. The fourth-order valence-electron chi connectivity index (χ4n) is 1.77. The van der Waals surface area contributed by atoms with Gasteiger partial charge in [0.1, 0.15) is 0 Å². The molecule has 3 nitrogen and oxygen atoms in total. The summed E-state index contributed by atoms with van der Waals surface area (Å²) >= 11 is 0. The molecular formula is C13H22N2O. The van der Waals surface area contributed by atoms with Crippen LogP contribution in [0.15, 0.2) is 24.3 Å². The van der Waals surface area contributed by atoms with Crippen LogP contribution in [0.2, 0.25) is 0 Å². The Labute approximate surface area is 97.9 Å². The third kappa shape index (κ3) is 4.11. The molecule has 0 bridgehead atoms. The van der Waals surface area contributed by atoms with Crippen LogP contribution in [0.4, 0.5) is 11.4 Å². The molecule has 3 heteroatoms. The molecule has 0 spiro atoms. The minimum atomic E-state index is 0.307. The lowest BCUT2D eigenvalue weighted by Gasteiger charge is -2.20. The van der Waals surface area contributed by atoms with E-state index in [1.165, 1.54) is 0 Å². The molecule has 16 heavy (non-hydrogen) atoms. The third-order valence-corrected chi connectivity index (χ3v) is 2.75. The van der Waals surface area contributed by atoms with Gasteiger partial charge in [0, 0.05) is 20.2 Å². The van der Waals surface area contributed by atoms with Gasteiger partial charge in [0.2, 0.25) is 0 Å². The number of anilines is 2. The monoisotopic (exact) mass is 222 g/mol. The summed E-state index contributed by atoms with van der Waals surface area (Å²) in [6, 6.07) is 7.93. The minimum Gasteiger partial charge on any atom is -0.397 e. The van der Waals surface area contributed by atoms with Crippen LogP contribution in [0.25, 0.3) is 0 Å². The van der Waals surface area contributed by atoms with Gasteiger partial charge in [-0.05, 0) is 25.0 Å². The topological polar surface area (TPSA) is 49.5 Å². The van der Waals surface area contributed by atoms with Gasteiger partial charge in [-0.2, -0.15) is 0 Å². The Bertz CT molecular complexity index is 302. The van der Waals surface area contributed by atoms with Crippen LogP contribution >= 0.6 is 0 Å². The Balaban J connectivity index is 2.30. The quantitative estimate of drug-likeness (QED) is 0.549. The van der Waals surface area contributed by atoms with Gasteiger partial charge >= 0.3 is 0 Å². The van der Waals surface area contributed by atoms with Gasteiger partial charge in [-0.15, -0.1) is 0 Å². The van der Waals surface area contributed by atoms with Crippen LogP contribution in [-0.2, 0) is 0 Å². The summed E-state index contributed by atoms with van der Waals surface area (Å²) in [5, 5.41) is 8.66. The van der Waals surface area contributed by atoms with Crippen LogP contribution in [0.1, 0.15) is 25.7 Å². The maximum atomic E-state index is 8.66. The maximum Gasteiger partial charge on any atom is 0.0597 e. The van der Waals surface area contributed by atoms with Crippen molar-refractivity contribution in [2.75, 3.05) is 30.8 Å². The van der Waals surface area contributed by atoms with Gasteiger partial charge in [0.05, 0.1) is 11.4 Å². The van der Waals surface area contributed by atoms with Crippen LogP contribution in [0.3, 0.4) is 0 Å². The molecule has 1 aromatic rings. The molecule has 3 N–H and O–H groups in total. The normalized spacial score (nSPS) is 10.4. The van der Waals surface area contributed by atoms with Gasteiger partial charge in [-0.3, -0.25) is 0 Å². The molecule has 0 radical (unpaired) electrons. The van der Waals surface area contributed by atoms with Crippen molar-refractivity contribution in [3.8, 4) is 0 Å². The predicted molar refractivity (Wildman–Crippen MR) is 69.7 cm³/mol. The number of nitrogen functional groups attached to an aromatic ring is 1. The molecule has 0 fully saturated rings. The first-order chi connectivity index (χ1) is 7.75. The summed E-state index contributed by atoms with van der Waals surface area (Å²) in [6.45, 7) is 1.32. The van der Waals surface area contributed by atoms with E-state index < -0.39 is 0 Å². The summed E-state index contributed by atoms with van der Waals surface area (Å²) in [6.07, 6.45) is 4.33. The van der Waals surface area contributed by atoms with E-state index in [1.54, 1.807) is 0 Å². The number of aliphatic hydroxyl groups excluding tert-OH is 1. The summed E-state index contributed by atoms with van der Waals surface area (Å²) in [5.41, 5.74) is 7.83. The summed E-state index contributed by atoms with van der Waals surface area (Å²) in [7, 11) is 2.07. The second-order valence-corrected chi connectivity index (χ2v) is 4.12. The van der Waals surface area contributed by atoms with E-state index in [4.69, 9.17) is 10.8 Å². The molecule has 0 heterocycles. The summed E-state index contributed by atoms with van der Waals surface area (Å²) in [4.78, 5) is 2.19. The number of nitrogens with two attached hydrogens (primary N) is 1. The fraction of sp³-hybridized carbons (Fsp3) is 0.538. The lowest BCUT2D eigenvalue weighted by Crippen LogP contribution is -2.19. The first-order valence-corrected chi connectivity index (χ1v) is 5.92. The van der Waals surface area contributed by atoms with E-state index in [0.29, 0.717) is 6.61 Å². The van der Waals surface area contributed by atoms with Crippen molar-refractivity contribution in [3.05, 3.63) is 24.3 Å². The average molecular weight is 222 g/mol. The largest absolute Gasteiger partial charge is 0.397 e. The Morgan fingerprint density at radius 2 is 1.81 bits per heavy atom. The van der Waals surface area contributed by atoms with Crippen LogP contribution in [-0.4, -0.2) is 25.3 Å². The van der Waals surface area contributed by atoms with Gasteiger partial charge in [-0.1, -0.05) is 25.0 Å². The van der Waals surface area contributed by atoms with Crippen molar-refractivity contribution in [2.45, 2.75) is 25.7 Å². The van der Waals surface area contributed by atoms with E-state index in [0.717, 1.165) is 43.6 Å². The molecule has 0 saturated carbocycles. The molecule has 0 saturated heterocycles. The van der Waals surface area contributed by atoms with Crippen LogP contribution < -0.4 is 10.6 Å². The number of benzene rings is 1. The van der Waals surface area contributed by atoms with E-state index in [-0.39, 0.29) is 0 Å². The molecule has 0 aliphatic carbocycles. The second kappa shape index (κ2) is 7.12. The molecular weight excluding hydrogens is 200 g/mol. The first kappa shape index (κ1) is 12.8. The summed E-state index contributed by atoms with van der Waals surface area (Å²) in [5.74, 6) is 0. The van der Waals surface area contributed by atoms with Crippen molar-refractivity contribution in [3.63, 3.8) is 0 Å². The third-order valence-electron chi connectivity index (χ3n) is 2.75. The van der Waals surface area contributed by atoms with E-state index >= 15 is 0 Å². The molecule has 90 valence electrons. The number of para-hydroxylation sites is 2.